The molecule has 5 heterocycles. The van der Waals surface area contributed by atoms with Crippen LogP contribution in [0.4, 0.5) is 16.3 Å². The van der Waals surface area contributed by atoms with E-state index in [4.69, 9.17) is 4.98 Å². The minimum atomic E-state index is -0.430. The highest BCUT2D eigenvalue weighted by molar-refractivity contribution is 8.01. The smallest absolute Gasteiger partial charge is 0.322 e. The molecule has 2 aromatic rings. The Hall–Kier alpha value is -3.31. The van der Waals surface area contributed by atoms with E-state index in [2.05, 4.69) is 61.9 Å². The standard InChI is InChI=1S/C37H53N7O3S.2H2/c1-26(2)40-21-23-42(24-22-40)33-29(10-8-16-38-33)35-44(20-15-37(3,4)5)34(46)31(48-35)25-32(45)41-17-13-28(14-18-41)43-19-12-27-9-6-7-11-30(27)39-36(43)47;;/h6-11,16,26,28,31,35H,12-15,17-25H2,1-5H3,(H,39,47);2*1H/t31-,35?;;/m0../s1. The topological polar surface area (TPSA) is 92.3 Å². The van der Waals surface area contributed by atoms with E-state index >= 15 is 0 Å². The number of thioether (sulfide) groups is 1. The number of urea groups is 1. The lowest BCUT2D eigenvalue weighted by Crippen LogP contribution is -2.50. The second-order valence-corrected chi connectivity index (χ2v) is 16.5. The molecule has 1 aromatic carbocycles. The number of amides is 4. The summed E-state index contributed by atoms with van der Waals surface area (Å²) in [4.78, 5) is 56.5. The van der Waals surface area contributed by atoms with Crippen molar-refractivity contribution in [2.75, 3.05) is 62.6 Å². The lowest BCUT2D eigenvalue weighted by atomic mass is 9.92. The van der Waals surface area contributed by atoms with Gasteiger partial charge in [0.2, 0.25) is 11.8 Å². The molecule has 4 aliphatic heterocycles. The summed E-state index contributed by atoms with van der Waals surface area (Å²) in [5.74, 6) is 1.04. The number of likely N-dealkylation sites (tertiary alicyclic amines) is 1. The van der Waals surface area contributed by atoms with E-state index in [1.165, 1.54) is 0 Å². The molecular weight excluding hydrogens is 623 g/mol. The van der Waals surface area contributed by atoms with Crippen LogP contribution < -0.4 is 10.2 Å². The van der Waals surface area contributed by atoms with Gasteiger partial charge >= 0.3 is 6.03 Å². The van der Waals surface area contributed by atoms with Crippen molar-refractivity contribution in [1.29, 1.82) is 0 Å². The van der Waals surface area contributed by atoms with Crippen molar-refractivity contribution in [3.05, 3.63) is 53.7 Å². The van der Waals surface area contributed by atoms with Crippen LogP contribution in [0.5, 0.6) is 0 Å². The van der Waals surface area contributed by atoms with E-state index in [0.29, 0.717) is 32.2 Å². The Labute approximate surface area is 293 Å². The van der Waals surface area contributed by atoms with Gasteiger partial charge in [-0.05, 0) is 62.6 Å². The monoisotopic (exact) mass is 679 g/mol. The number of nitrogens with zero attached hydrogens (tertiary/aromatic N) is 6. The van der Waals surface area contributed by atoms with Gasteiger partial charge in [0.25, 0.3) is 0 Å². The van der Waals surface area contributed by atoms with E-state index in [1.807, 2.05) is 45.2 Å². The molecule has 48 heavy (non-hydrogen) atoms. The molecule has 3 saturated heterocycles. The molecule has 0 radical (unpaired) electrons. The van der Waals surface area contributed by atoms with Crippen molar-refractivity contribution >= 4 is 41.1 Å². The van der Waals surface area contributed by atoms with Gasteiger partial charge in [0.1, 0.15) is 11.2 Å². The Bertz CT molecular complexity index is 1470. The third kappa shape index (κ3) is 7.77. The number of carbonyl (C=O) groups excluding carboxylic acids is 3. The molecule has 0 aliphatic carbocycles. The van der Waals surface area contributed by atoms with Gasteiger partial charge in [-0.2, -0.15) is 0 Å². The number of hydrogen-bond donors (Lipinski definition) is 1. The summed E-state index contributed by atoms with van der Waals surface area (Å²) >= 11 is 1.62. The van der Waals surface area contributed by atoms with E-state index in [0.717, 1.165) is 74.5 Å². The first-order valence-electron chi connectivity index (χ1n) is 17.8. The second kappa shape index (κ2) is 14.7. The molecule has 11 heteroatoms. The molecule has 1 aromatic heterocycles. The largest absolute Gasteiger partial charge is 0.354 e. The number of benzene rings is 1. The summed E-state index contributed by atoms with van der Waals surface area (Å²) in [7, 11) is 0. The number of nitrogens with one attached hydrogen (secondary N) is 1. The van der Waals surface area contributed by atoms with Crippen LogP contribution in [0.25, 0.3) is 0 Å². The van der Waals surface area contributed by atoms with Gasteiger partial charge < -0.3 is 24.9 Å². The average molecular weight is 680 g/mol. The number of anilines is 2. The number of para-hydroxylation sites is 1. The van der Waals surface area contributed by atoms with Crippen LogP contribution in [0.15, 0.2) is 42.6 Å². The maximum atomic E-state index is 14.1. The Morgan fingerprint density at radius 2 is 1.73 bits per heavy atom. The third-order valence-corrected chi connectivity index (χ3v) is 11.9. The lowest BCUT2D eigenvalue weighted by molar-refractivity contribution is -0.137. The number of rotatable bonds is 8. The summed E-state index contributed by atoms with van der Waals surface area (Å²) in [6.07, 6.45) is 5.22. The normalized spacial score (nSPS) is 23.0. The molecule has 2 atom stereocenters. The highest BCUT2D eigenvalue weighted by Crippen LogP contribution is 2.47. The van der Waals surface area contributed by atoms with Crippen LogP contribution in [-0.4, -0.2) is 112 Å². The number of fused-ring (bicyclic) bond motifs is 1. The van der Waals surface area contributed by atoms with Crippen LogP contribution in [-0.2, 0) is 16.0 Å². The number of aromatic nitrogens is 1. The highest BCUT2D eigenvalue weighted by Gasteiger charge is 2.44. The van der Waals surface area contributed by atoms with Gasteiger partial charge in [-0.25, -0.2) is 9.78 Å². The van der Waals surface area contributed by atoms with Crippen LogP contribution in [0.2, 0.25) is 0 Å². The molecule has 264 valence electrons. The zero-order valence-corrected chi connectivity index (χ0v) is 30.2. The Kier molecular flexibility index (Phi) is 10.6. The summed E-state index contributed by atoms with van der Waals surface area (Å²) in [5.41, 5.74) is 3.18. The lowest BCUT2D eigenvalue weighted by Gasteiger charge is -2.39. The summed E-state index contributed by atoms with van der Waals surface area (Å²) < 4.78 is 0. The fourth-order valence-corrected chi connectivity index (χ4v) is 8.91. The van der Waals surface area contributed by atoms with Crippen LogP contribution in [0.3, 0.4) is 0 Å². The van der Waals surface area contributed by atoms with Crippen LogP contribution in [0.1, 0.15) is 79.7 Å². The van der Waals surface area contributed by atoms with Crippen molar-refractivity contribution in [3.63, 3.8) is 0 Å². The van der Waals surface area contributed by atoms with E-state index in [9.17, 15) is 14.4 Å². The number of carbonyl (C=O) groups is 3. The molecule has 1 N–H and O–H groups in total. The van der Waals surface area contributed by atoms with Crippen molar-refractivity contribution in [1.82, 2.24) is 24.6 Å². The van der Waals surface area contributed by atoms with E-state index < -0.39 is 5.25 Å². The van der Waals surface area contributed by atoms with Crippen molar-refractivity contribution in [2.24, 2.45) is 5.41 Å². The van der Waals surface area contributed by atoms with Crippen molar-refractivity contribution in [3.8, 4) is 0 Å². The van der Waals surface area contributed by atoms with E-state index in [-0.39, 0.29) is 44.0 Å². The minimum Gasteiger partial charge on any atom is -0.354 e. The number of pyridine rings is 1. The first kappa shape index (κ1) is 34.5. The first-order chi connectivity index (χ1) is 23.0. The van der Waals surface area contributed by atoms with Gasteiger partial charge in [0.05, 0.1) is 5.25 Å². The molecule has 3 fully saturated rings. The molecule has 4 amide bonds. The van der Waals surface area contributed by atoms with Gasteiger partial charge in [0.15, 0.2) is 0 Å². The molecule has 4 aliphatic rings. The minimum absolute atomic E-state index is 0. The molecular formula is C37H57N7O3S. The predicted octanol–water partition coefficient (Wildman–Crippen LogP) is 5.95. The van der Waals surface area contributed by atoms with E-state index in [1.54, 1.807) is 11.8 Å². The molecule has 0 bridgehead atoms. The molecule has 6 rings (SSSR count). The maximum absolute atomic E-state index is 14.1. The Balaban J connectivity index is 0.00000281. The molecule has 1 unspecified atom stereocenters. The first-order valence-corrected chi connectivity index (χ1v) is 18.8. The summed E-state index contributed by atoms with van der Waals surface area (Å²) in [6, 6.07) is 12.6. The van der Waals surface area contributed by atoms with Crippen molar-refractivity contribution < 1.29 is 17.2 Å². The number of piperidine rings is 1. The summed E-state index contributed by atoms with van der Waals surface area (Å²) in [6.45, 7) is 17.4. The van der Waals surface area contributed by atoms with Crippen LogP contribution >= 0.6 is 11.8 Å². The summed E-state index contributed by atoms with van der Waals surface area (Å²) in [5, 5.41) is 2.47. The number of hydrogen-bond acceptors (Lipinski definition) is 7. The van der Waals surface area contributed by atoms with Gasteiger partial charge in [0, 0.05) is 91.2 Å². The van der Waals surface area contributed by atoms with Gasteiger partial charge in [-0.15, -0.1) is 11.8 Å². The Morgan fingerprint density at radius 3 is 2.44 bits per heavy atom. The fourth-order valence-electron chi connectivity index (χ4n) is 7.42. The number of piperazine rings is 1. The molecule has 0 spiro atoms. The molecule has 0 saturated carbocycles. The van der Waals surface area contributed by atoms with Gasteiger partial charge in [-0.3, -0.25) is 14.5 Å². The van der Waals surface area contributed by atoms with Crippen molar-refractivity contribution in [2.45, 2.75) is 89.4 Å². The Morgan fingerprint density at radius 1 is 1.00 bits per heavy atom. The zero-order chi connectivity index (χ0) is 34.0. The highest BCUT2D eigenvalue weighted by atomic mass is 32.2. The fraction of sp³-hybridized carbons (Fsp3) is 0.622. The predicted molar refractivity (Wildman–Crippen MR) is 197 cm³/mol. The maximum Gasteiger partial charge on any atom is 0.322 e. The van der Waals surface area contributed by atoms with Crippen LogP contribution in [0, 0.1) is 5.41 Å². The molecule has 10 nitrogen and oxygen atoms in total. The zero-order valence-electron chi connectivity index (χ0n) is 29.4. The van der Waals surface area contributed by atoms with Gasteiger partial charge in [-0.1, -0.05) is 45.0 Å². The second-order valence-electron chi connectivity index (χ2n) is 15.2. The third-order valence-electron chi connectivity index (χ3n) is 10.4. The quantitative estimate of drug-likeness (QED) is 0.369. The average Bonchev–Trinajstić information content (AvgIpc) is 3.27. The SMILES string of the molecule is CC(C)N1CCN(c2ncccc2C2S[C@@H](CC(=O)N3CCC(N4CCc5ccccc5NC4=O)CC3)C(=O)N2CCC(C)(C)C)CC1.[HH].[HH].